The van der Waals surface area contributed by atoms with Crippen molar-refractivity contribution >= 4 is 11.8 Å². The van der Waals surface area contributed by atoms with Crippen LogP contribution in [0.25, 0.3) is 0 Å². The molecule has 0 radical (unpaired) electrons. The van der Waals surface area contributed by atoms with Crippen molar-refractivity contribution in [1.29, 1.82) is 0 Å². The molecular weight excluding hydrogens is 302 g/mol. The molecule has 0 unspecified atom stereocenters. The Kier molecular flexibility index (Phi) is 6.52. The van der Waals surface area contributed by atoms with Crippen LogP contribution in [-0.2, 0) is 9.59 Å². The van der Waals surface area contributed by atoms with Crippen LogP contribution in [0.3, 0.4) is 0 Å². The molecule has 2 heterocycles. The third kappa shape index (κ3) is 4.95. The number of likely N-dealkylation sites (tertiary alicyclic amines) is 1. The highest BCUT2D eigenvalue weighted by molar-refractivity contribution is 5.78. The van der Waals surface area contributed by atoms with Gasteiger partial charge in [0.25, 0.3) is 0 Å². The van der Waals surface area contributed by atoms with E-state index in [-0.39, 0.29) is 5.91 Å². The first kappa shape index (κ1) is 17.7. The zero-order chi connectivity index (χ0) is 16.8. The predicted octanol–water partition coefficient (Wildman–Crippen LogP) is 2.11. The highest BCUT2D eigenvalue weighted by Crippen LogP contribution is 2.27. The van der Waals surface area contributed by atoms with E-state index in [1.807, 2.05) is 4.90 Å². The molecular formula is C19H33N3O2. The van der Waals surface area contributed by atoms with Gasteiger partial charge in [0.2, 0.25) is 11.8 Å². The van der Waals surface area contributed by atoms with E-state index in [0.29, 0.717) is 18.4 Å². The average molecular weight is 335 g/mol. The van der Waals surface area contributed by atoms with Gasteiger partial charge in [-0.05, 0) is 38.0 Å². The second-order valence-corrected chi connectivity index (χ2v) is 7.81. The Hall–Kier alpha value is -1.10. The second kappa shape index (κ2) is 8.84. The number of carbonyl (C=O) groups is 2. The molecule has 3 aliphatic rings. The predicted molar refractivity (Wildman–Crippen MR) is 94.6 cm³/mol. The highest BCUT2D eigenvalue weighted by atomic mass is 16.2. The molecule has 5 nitrogen and oxygen atoms in total. The number of carbonyl (C=O) groups excluding carboxylic acids is 2. The summed E-state index contributed by atoms with van der Waals surface area (Å²) in [4.78, 5) is 31.2. The minimum Gasteiger partial charge on any atom is -0.342 e. The Bertz CT molecular complexity index is 428. The van der Waals surface area contributed by atoms with Crippen LogP contribution in [0.1, 0.15) is 57.8 Å². The van der Waals surface area contributed by atoms with Gasteiger partial charge in [-0.15, -0.1) is 0 Å². The van der Waals surface area contributed by atoms with Crippen molar-refractivity contribution < 1.29 is 9.59 Å². The zero-order valence-corrected chi connectivity index (χ0v) is 15.0. The smallest absolute Gasteiger partial charge is 0.236 e. The molecule has 0 aromatic carbocycles. The summed E-state index contributed by atoms with van der Waals surface area (Å²) in [5, 5.41) is 0. The molecule has 0 spiro atoms. The van der Waals surface area contributed by atoms with Gasteiger partial charge >= 0.3 is 0 Å². The van der Waals surface area contributed by atoms with E-state index < -0.39 is 0 Å². The maximum Gasteiger partial charge on any atom is 0.236 e. The lowest BCUT2D eigenvalue weighted by molar-refractivity contribution is -0.132. The molecule has 24 heavy (non-hydrogen) atoms. The maximum absolute atomic E-state index is 12.6. The molecule has 0 N–H and O–H groups in total. The lowest BCUT2D eigenvalue weighted by atomic mass is 9.86. The number of amides is 2. The molecule has 2 aliphatic heterocycles. The number of nitrogens with zero attached hydrogens (tertiary/aromatic N) is 3. The standard InChI is InChI=1S/C19H33N3O2/c23-18(15-17-7-2-1-3-8-17)22-12-6-9-20(13-14-22)16-19(24)21-10-4-5-11-21/h17H,1-16H2. The summed E-state index contributed by atoms with van der Waals surface area (Å²) in [6.45, 7) is 5.82. The van der Waals surface area contributed by atoms with Crippen molar-refractivity contribution in [3.05, 3.63) is 0 Å². The molecule has 1 saturated carbocycles. The molecule has 136 valence electrons. The summed E-state index contributed by atoms with van der Waals surface area (Å²) in [7, 11) is 0. The van der Waals surface area contributed by atoms with E-state index in [1.165, 1.54) is 32.1 Å². The molecule has 3 rings (SSSR count). The lowest BCUT2D eigenvalue weighted by Gasteiger charge is -2.26. The van der Waals surface area contributed by atoms with E-state index in [1.54, 1.807) is 0 Å². The van der Waals surface area contributed by atoms with Gasteiger partial charge in [-0.2, -0.15) is 0 Å². The fraction of sp³-hybridized carbons (Fsp3) is 0.895. The Labute approximate surface area is 146 Å². The SMILES string of the molecule is O=C(CC1CCCCC1)N1CCCN(CC(=O)N2CCCC2)CC1. The van der Waals surface area contributed by atoms with Gasteiger partial charge < -0.3 is 9.80 Å². The van der Waals surface area contributed by atoms with Crippen molar-refractivity contribution in [2.45, 2.75) is 57.8 Å². The minimum atomic E-state index is 0.273. The normalized spacial score (nSPS) is 24.2. The third-order valence-corrected chi connectivity index (χ3v) is 5.95. The van der Waals surface area contributed by atoms with Crippen molar-refractivity contribution in [2.24, 2.45) is 5.92 Å². The highest BCUT2D eigenvalue weighted by Gasteiger charge is 2.25. The zero-order valence-electron chi connectivity index (χ0n) is 15.0. The van der Waals surface area contributed by atoms with Crippen LogP contribution in [-0.4, -0.2) is 72.3 Å². The monoisotopic (exact) mass is 335 g/mol. The van der Waals surface area contributed by atoms with Gasteiger partial charge in [0.05, 0.1) is 6.54 Å². The maximum atomic E-state index is 12.6. The summed E-state index contributed by atoms with van der Waals surface area (Å²) in [5.74, 6) is 1.23. The number of hydrogen-bond donors (Lipinski definition) is 0. The van der Waals surface area contributed by atoms with Crippen LogP contribution < -0.4 is 0 Å². The molecule has 0 aromatic heterocycles. The van der Waals surface area contributed by atoms with Gasteiger partial charge in [0.15, 0.2) is 0 Å². The van der Waals surface area contributed by atoms with Gasteiger partial charge in [0.1, 0.15) is 0 Å². The van der Waals surface area contributed by atoms with Crippen molar-refractivity contribution in [3.63, 3.8) is 0 Å². The van der Waals surface area contributed by atoms with E-state index in [9.17, 15) is 9.59 Å². The summed E-state index contributed by atoms with van der Waals surface area (Å²) >= 11 is 0. The molecule has 0 bridgehead atoms. The summed E-state index contributed by atoms with van der Waals surface area (Å²) in [5.41, 5.74) is 0. The number of hydrogen-bond acceptors (Lipinski definition) is 3. The van der Waals surface area contributed by atoms with Crippen LogP contribution in [0.2, 0.25) is 0 Å². The average Bonchev–Trinajstić information content (AvgIpc) is 3.03. The molecule has 2 amide bonds. The first-order chi connectivity index (χ1) is 11.7. The van der Waals surface area contributed by atoms with Crippen molar-refractivity contribution in [1.82, 2.24) is 14.7 Å². The first-order valence-electron chi connectivity index (χ1n) is 10.0. The van der Waals surface area contributed by atoms with E-state index in [4.69, 9.17) is 0 Å². The van der Waals surface area contributed by atoms with Crippen LogP contribution in [0.5, 0.6) is 0 Å². The van der Waals surface area contributed by atoms with Gasteiger partial charge in [-0.1, -0.05) is 19.3 Å². The van der Waals surface area contributed by atoms with Crippen LogP contribution >= 0.6 is 0 Å². The van der Waals surface area contributed by atoms with Crippen molar-refractivity contribution in [3.8, 4) is 0 Å². The van der Waals surface area contributed by atoms with Gasteiger partial charge in [-0.25, -0.2) is 0 Å². The fourth-order valence-corrected chi connectivity index (χ4v) is 4.40. The Morgan fingerprint density at radius 1 is 0.667 bits per heavy atom. The summed E-state index contributed by atoms with van der Waals surface area (Å²) < 4.78 is 0. The molecule has 2 saturated heterocycles. The Morgan fingerprint density at radius 3 is 2.08 bits per heavy atom. The molecule has 1 aliphatic carbocycles. The van der Waals surface area contributed by atoms with Crippen LogP contribution in [0.15, 0.2) is 0 Å². The number of rotatable bonds is 4. The van der Waals surface area contributed by atoms with Gasteiger partial charge in [-0.3, -0.25) is 14.5 Å². The lowest BCUT2D eigenvalue weighted by Crippen LogP contribution is -2.41. The minimum absolute atomic E-state index is 0.273. The first-order valence-corrected chi connectivity index (χ1v) is 10.0. The second-order valence-electron chi connectivity index (χ2n) is 7.81. The molecule has 0 aromatic rings. The van der Waals surface area contributed by atoms with E-state index in [0.717, 1.165) is 65.0 Å². The largest absolute Gasteiger partial charge is 0.342 e. The Balaban J connectivity index is 1.42. The van der Waals surface area contributed by atoms with Crippen LogP contribution in [0.4, 0.5) is 0 Å². The van der Waals surface area contributed by atoms with Crippen molar-refractivity contribution in [2.75, 3.05) is 45.8 Å². The van der Waals surface area contributed by atoms with E-state index in [2.05, 4.69) is 9.80 Å². The van der Waals surface area contributed by atoms with Gasteiger partial charge in [0, 0.05) is 45.7 Å². The summed E-state index contributed by atoms with van der Waals surface area (Å²) in [6, 6.07) is 0. The van der Waals surface area contributed by atoms with Crippen LogP contribution in [0, 0.1) is 5.92 Å². The Morgan fingerprint density at radius 2 is 1.33 bits per heavy atom. The summed E-state index contributed by atoms with van der Waals surface area (Å²) in [6.07, 6.45) is 10.4. The molecule has 5 heteroatoms. The molecule has 0 atom stereocenters. The molecule has 3 fully saturated rings. The topological polar surface area (TPSA) is 43.9 Å². The van der Waals surface area contributed by atoms with E-state index >= 15 is 0 Å². The quantitative estimate of drug-likeness (QED) is 0.790. The third-order valence-electron chi connectivity index (χ3n) is 5.95. The fourth-order valence-electron chi connectivity index (χ4n) is 4.40.